The minimum absolute atomic E-state index is 0.0257. The van der Waals surface area contributed by atoms with Gasteiger partial charge in [0.2, 0.25) is 5.91 Å². The highest BCUT2D eigenvalue weighted by atomic mass is 16.4. The van der Waals surface area contributed by atoms with E-state index in [0.29, 0.717) is 0 Å². The number of aromatic nitrogens is 2. The molecule has 27 heavy (non-hydrogen) atoms. The summed E-state index contributed by atoms with van der Waals surface area (Å²) in [6.07, 6.45) is 8.76. The van der Waals surface area contributed by atoms with Crippen LogP contribution < -0.4 is 5.32 Å². The Bertz CT molecular complexity index is 563. The van der Waals surface area contributed by atoms with Crippen LogP contribution >= 0.6 is 0 Å². The zero-order chi connectivity index (χ0) is 20.2. The molecule has 1 amide bonds. The Labute approximate surface area is 163 Å². The van der Waals surface area contributed by atoms with Gasteiger partial charge in [-0.3, -0.25) is 9.48 Å². The molecule has 1 rings (SSSR count). The molecule has 0 radical (unpaired) electrons. The van der Waals surface area contributed by atoms with Crippen molar-refractivity contribution in [1.82, 2.24) is 20.0 Å². The van der Waals surface area contributed by atoms with E-state index in [1.807, 2.05) is 6.92 Å². The number of rotatable bonds is 14. The van der Waals surface area contributed by atoms with E-state index in [0.717, 1.165) is 19.6 Å². The number of hydrogen-bond donors (Lipinski definition) is 2. The number of carbonyl (C=O) groups excluding carboxylic acids is 1. The Hall–Kier alpha value is -1.89. The molecule has 7 nitrogen and oxygen atoms in total. The summed E-state index contributed by atoms with van der Waals surface area (Å²) < 4.78 is 1.39. The molecule has 1 aromatic heterocycles. The van der Waals surface area contributed by atoms with Gasteiger partial charge in [-0.1, -0.05) is 39.5 Å². The third kappa shape index (κ3) is 8.56. The summed E-state index contributed by atoms with van der Waals surface area (Å²) in [5.41, 5.74) is -0.0549. The predicted molar refractivity (Wildman–Crippen MR) is 107 cm³/mol. The minimum atomic E-state index is -1.09. The molecule has 7 heteroatoms. The normalized spacial score (nSPS) is 13.5. The van der Waals surface area contributed by atoms with Gasteiger partial charge in [0.25, 0.3) is 0 Å². The van der Waals surface area contributed by atoms with Gasteiger partial charge >= 0.3 is 5.97 Å². The number of aromatic carboxylic acids is 1. The molecular weight excluding hydrogens is 344 g/mol. The van der Waals surface area contributed by atoms with Crippen LogP contribution in [0, 0.1) is 0 Å². The number of carboxylic acid groups (broad SMARTS) is 1. The largest absolute Gasteiger partial charge is 0.476 e. The Morgan fingerprint density at radius 2 is 1.74 bits per heavy atom. The lowest BCUT2D eigenvalue weighted by molar-refractivity contribution is -0.124. The van der Waals surface area contributed by atoms with Gasteiger partial charge in [-0.2, -0.15) is 5.10 Å². The first-order valence-corrected chi connectivity index (χ1v) is 10.2. The van der Waals surface area contributed by atoms with Gasteiger partial charge < -0.3 is 15.3 Å². The van der Waals surface area contributed by atoms with Gasteiger partial charge in [-0.05, 0) is 45.8 Å². The van der Waals surface area contributed by atoms with Crippen molar-refractivity contribution in [2.24, 2.45) is 0 Å². The third-order valence-electron chi connectivity index (χ3n) is 4.68. The van der Waals surface area contributed by atoms with Crippen LogP contribution in [0.4, 0.5) is 0 Å². The van der Waals surface area contributed by atoms with E-state index in [4.69, 9.17) is 5.11 Å². The number of carboxylic acids is 1. The number of carbonyl (C=O) groups is 2. The highest BCUT2D eigenvalue weighted by molar-refractivity contribution is 5.85. The summed E-state index contributed by atoms with van der Waals surface area (Å²) in [6, 6.07) is 0.880. The van der Waals surface area contributed by atoms with Crippen molar-refractivity contribution < 1.29 is 14.7 Å². The second-order valence-corrected chi connectivity index (χ2v) is 7.29. The summed E-state index contributed by atoms with van der Waals surface area (Å²) in [4.78, 5) is 25.9. The fourth-order valence-electron chi connectivity index (χ4n) is 3.05. The lowest BCUT2D eigenvalue weighted by Crippen LogP contribution is -2.44. The Balaban J connectivity index is 2.54. The number of nitrogens with zero attached hydrogens (tertiary/aromatic N) is 3. The highest BCUT2D eigenvalue weighted by Gasteiger charge is 2.20. The van der Waals surface area contributed by atoms with Crippen LogP contribution in [-0.2, 0) is 4.79 Å². The maximum absolute atomic E-state index is 12.5. The smallest absolute Gasteiger partial charge is 0.356 e. The third-order valence-corrected chi connectivity index (χ3v) is 4.68. The maximum Gasteiger partial charge on any atom is 0.356 e. The van der Waals surface area contributed by atoms with Gasteiger partial charge in [0.15, 0.2) is 5.69 Å². The summed E-state index contributed by atoms with van der Waals surface area (Å²) in [5, 5.41) is 15.9. The highest BCUT2D eigenvalue weighted by Crippen LogP contribution is 2.08. The van der Waals surface area contributed by atoms with Gasteiger partial charge in [0, 0.05) is 18.8 Å². The van der Waals surface area contributed by atoms with Crippen LogP contribution in [0.2, 0.25) is 0 Å². The molecule has 0 spiro atoms. The minimum Gasteiger partial charge on any atom is -0.476 e. The first kappa shape index (κ1) is 23.1. The Kier molecular flexibility index (Phi) is 10.7. The standard InChI is InChI=1S/C20H36N4O3/c1-5-7-9-12-23(13-10-8-6-2)15-16(3)21-19(25)17(4)24-14-11-18(22-24)20(26)27/h11,14,16-17H,5-10,12-13,15H2,1-4H3,(H,21,25)(H,26,27). The predicted octanol–water partition coefficient (Wildman–Crippen LogP) is 3.33. The van der Waals surface area contributed by atoms with Crippen molar-refractivity contribution in [3.05, 3.63) is 18.0 Å². The quantitative estimate of drug-likeness (QED) is 0.483. The second kappa shape index (κ2) is 12.5. The molecule has 1 heterocycles. The average molecular weight is 381 g/mol. The van der Waals surface area contributed by atoms with E-state index >= 15 is 0 Å². The van der Waals surface area contributed by atoms with E-state index in [1.165, 1.54) is 55.5 Å². The molecule has 2 N–H and O–H groups in total. The molecule has 0 aliphatic carbocycles. The van der Waals surface area contributed by atoms with Crippen LogP contribution in [0.5, 0.6) is 0 Å². The number of hydrogen-bond acceptors (Lipinski definition) is 4. The Morgan fingerprint density at radius 3 is 2.22 bits per heavy atom. The second-order valence-electron chi connectivity index (χ2n) is 7.29. The van der Waals surface area contributed by atoms with Crippen LogP contribution in [-0.4, -0.2) is 57.3 Å². The number of amides is 1. The summed E-state index contributed by atoms with van der Waals surface area (Å²) in [7, 11) is 0. The fraction of sp³-hybridized carbons (Fsp3) is 0.750. The van der Waals surface area contributed by atoms with E-state index in [1.54, 1.807) is 6.92 Å². The monoisotopic (exact) mass is 380 g/mol. The molecular formula is C20H36N4O3. The number of unbranched alkanes of at least 4 members (excludes halogenated alkanes) is 4. The first-order valence-electron chi connectivity index (χ1n) is 10.2. The zero-order valence-corrected chi connectivity index (χ0v) is 17.3. The molecule has 0 saturated carbocycles. The van der Waals surface area contributed by atoms with Crippen LogP contribution in [0.1, 0.15) is 82.8 Å². The van der Waals surface area contributed by atoms with Crippen molar-refractivity contribution >= 4 is 11.9 Å². The van der Waals surface area contributed by atoms with E-state index in [9.17, 15) is 9.59 Å². The summed E-state index contributed by atoms with van der Waals surface area (Å²) >= 11 is 0. The summed E-state index contributed by atoms with van der Waals surface area (Å²) in [6.45, 7) is 11.1. The molecule has 1 aromatic rings. The zero-order valence-electron chi connectivity index (χ0n) is 17.3. The van der Waals surface area contributed by atoms with Crippen molar-refractivity contribution in [3.63, 3.8) is 0 Å². The molecule has 154 valence electrons. The molecule has 0 aliphatic rings. The van der Waals surface area contributed by atoms with Crippen LogP contribution in [0.15, 0.2) is 12.3 Å². The van der Waals surface area contributed by atoms with Crippen LogP contribution in [0.3, 0.4) is 0 Å². The van der Waals surface area contributed by atoms with Crippen LogP contribution in [0.25, 0.3) is 0 Å². The van der Waals surface area contributed by atoms with E-state index < -0.39 is 12.0 Å². The molecule has 0 aromatic carbocycles. The molecule has 2 atom stereocenters. The SMILES string of the molecule is CCCCCN(CCCCC)CC(C)NC(=O)C(C)n1ccc(C(=O)O)n1. The topological polar surface area (TPSA) is 87.5 Å². The average Bonchev–Trinajstić information content (AvgIpc) is 3.11. The van der Waals surface area contributed by atoms with Crippen molar-refractivity contribution in [2.75, 3.05) is 19.6 Å². The van der Waals surface area contributed by atoms with Gasteiger partial charge in [0.05, 0.1) is 0 Å². The number of nitrogens with one attached hydrogen (secondary N) is 1. The van der Waals surface area contributed by atoms with Gasteiger partial charge in [0.1, 0.15) is 6.04 Å². The van der Waals surface area contributed by atoms with Crippen molar-refractivity contribution in [1.29, 1.82) is 0 Å². The lowest BCUT2D eigenvalue weighted by Gasteiger charge is -2.27. The van der Waals surface area contributed by atoms with E-state index in [-0.39, 0.29) is 17.6 Å². The lowest BCUT2D eigenvalue weighted by atomic mass is 10.2. The van der Waals surface area contributed by atoms with Gasteiger partial charge in [-0.15, -0.1) is 0 Å². The van der Waals surface area contributed by atoms with Gasteiger partial charge in [-0.25, -0.2) is 4.79 Å². The first-order chi connectivity index (χ1) is 12.9. The maximum atomic E-state index is 12.5. The van der Waals surface area contributed by atoms with Crippen molar-refractivity contribution in [3.8, 4) is 0 Å². The van der Waals surface area contributed by atoms with E-state index in [2.05, 4.69) is 29.2 Å². The van der Waals surface area contributed by atoms with Crippen molar-refractivity contribution in [2.45, 2.75) is 78.3 Å². The fourth-order valence-corrected chi connectivity index (χ4v) is 3.05. The molecule has 0 bridgehead atoms. The summed E-state index contributed by atoms with van der Waals surface area (Å²) in [5.74, 6) is -1.24. The molecule has 0 saturated heterocycles. The molecule has 2 unspecified atom stereocenters. The molecule has 0 fully saturated rings. The Morgan fingerprint density at radius 1 is 1.15 bits per heavy atom. The molecule has 0 aliphatic heterocycles.